The SMILES string of the molecule is NC(=O)C1=CC=C(OC(F)F)C(NC(=O)CN2CCOCC2)(c2ccc(-c3ccccc3F)nc2)C1. The molecule has 0 bridgehead atoms. The minimum absolute atomic E-state index is 0.0244. The molecular weight excluding hydrogens is 477 g/mol. The van der Waals surface area contributed by atoms with Crippen molar-refractivity contribution in [3.05, 3.63) is 77.5 Å². The van der Waals surface area contributed by atoms with E-state index in [1.54, 1.807) is 18.2 Å². The Morgan fingerprint density at radius 2 is 1.92 bits per heavy atom. The van der Waals surface area contributed by atoms with Gasteiger partial charge in [-0.1, -0.05) is 24.3 Å². The fourth-order valence-electron chi connectivity index (χ4n) is 4.29. The lowest BCUT2D eigenvalue weighted by Gasteiger charge is -2.39. The van der Waals surface area contributed by atoms with Gasteiger partial charge >= 0.3 is 6.61 Å². The second kappa shape index (κ2) is 10.9. The first-order valence-electron chi connectivity index (χ1n) is 11.3. The predicted molar refractivity (Wildman–Crippen MR) is 124 cm³/mol. The zero-order chi connectivity index (χ0) is 25.7. The fourth-order valence-corrected chi connectivity index (χ4v) is 4.29. The highest BCUT2D eigenvalue weighted by Crippen LogP contribution is 2.40. The number of primary amides is 1. The van der Waals surface area contributed by atoms with Crippen molar-refractivity contribution < 1.29 is 32.2 Å². The number of allylic oxidation sites excluding steroid dienone is 2. The quantitative estimate of drug-likeness (QED) is 0.575. The lowest BCUT2D eigenvalue weighted by atomic mass is 9.79. The van der Waals surface area contributed by atoms with Gasteiger partial charge in [0.05, 0.1) is 25.5 Å². The summed E-state index contributed by atoms with van der Waals surface area (Å²) in [6.07, 6.45) is 3.57. The summed E-state index contributed by atoms with van der Waals surface area (Å²) in [5.74, 6) is -2.02. The number of carbonyl (C=O) groups excluding carboxylic acids is 2. The molecule has 1 unspecified atom stereocenters. The van der Waals surface area contributed by atoms with Crippen LogP contribution in [0.1, 0.15) is 12.0 Å². The Bertz CT molecular complexity index is 1180. The first-order valence-corrected chi connectivity index (χ1v) is 11.3. The first-order chi connectivity index (χ1) is 17.3. The van der Waals surface area contributed by atoms with Gasteiger partial charge in [-0.3, -0.25) is 19.5 Å². The average Bonchev–Trinajstić information content (AvgIpc) is 2.86. The number of aromatic nitrogens is 1. The van der Waals surface area contributed by atoms with Crippen LogP contribution < -0.4 is 11.1 Å². The van der Waals surface area contributed by atoms with Gasteiger partial charge in [-0.2, -0.15) is 8.78 Å². The summed E-state index contributed by atoms with van der Waals surface area (Å²) in [7, 11) is 0. The van der Waals surface area contributed by atoms with Crippen LogP contribution in [0.25, 0.3) is 11.3 Å². The molecule has 0 saturated carbocycles. The molecule has 1 atom stereocenters. The van der Waals surface area contributed by atoms with E-state index in [1.807, 2.05) is 4.90 Å². The normalized spacial score (nSPS) is 20.4. The number of alkyl halides is 2. The third-order valence-corrected chi connectivity index (χ3v) is 6.07. The number of rotatable bonds is 8. The van der Waals surface area contributed by atoms with Crippen LogP contribution >= 0.6 is 0 Å². The van der Waals surface area contributed by atoms with Crippen LogP contribution in [0.5, 0.6) is 0 Å². The topological polar surface area (TPSA) is 107 Å². The molecule has 1 saturated heterocycles. The monoisotopic (exact) mass is 502 g/mol. The highest BCUT2D eigenvalue weighted by molar-refractivity contribution is 5.93. The number of benzene rings is 1. The van der Waals surface area contributed by atoms with Crippen molar-refractivity contribution in [1.82, 2.24) is 15.2 Å². The molecule has 1 aliphatic heterocycles. The summed E-state index contributed by atoms with van der Waals surface area (Å²) in [5, 5.41) is 2.80. The van der Waals surface area contributed by atoms with Gasteiger partial charge in [0.15, 0.2) is 0 Å². The van der Waals surface area contributed by atoms with Gasteiger partial charge in [0.25, 0.3) is 0 Å². The van der Waals surface area contributed by atoms with E-state index in [2.05, 4.69) is 10.3 Å². The van der Waals surface area contributed by atoms with Crippen molar-refractivity contribution in [1.29, 1.82) is 0 Å². The van der Waals surface area contributed by atoms with Crippen molar-refractivity contribution in [2.75, 3.05) is 32.8 Å². The molecular formula is C25H25F3N4O4. The van der Waals surface area contributed by atoms with Crippen molar-refractivity contribution >= 4 is 11.8 Å². The molecule has 1 fully saturated rings. The van der Waals surface area contributed by atoms with E-state index in [1.165, 1.54) is 36.5 Å². The average molecular weight is 502 g/mol. The van der Waals surface area contributed by atoms with E-state index in [0.717, 1.165) is 0 Å². The van der Waals surface area contributed by atoms with E-state index in [4.69, 9.17) is 15.2 Å². The van der Waals surface area contributed by atoms with E-state index >= 15 is 0 Å². The molecule has 11 heteroatoms. The van der Waals surface area contributed by atoms with E-state index in [-0.39, 0.29) is 35.4 Å². The number of halogens is 3. The van der Waals surface area contributed by atoms with Crippen LogP contribution in [-0.4, -0.2) is 61.2 Å². The first kappa shape index (κ1) is 25.4. The molecule has 0 radical (unpaired) electrons. The van der Waals surface area contributed by atoms with Crippen molar-refractivity contribution in [3.8, 4) is 11.3 Å². The number of nitrogens with two attached hydrogens (primary N) is 1. The summed E-state index contributed by atoms with van der Waals surface area (Å²) in [4.78, 5) is 31.3. The van der Waals surface area contributed by atoms with Crippen LogP contribution in [0.15, 0.2) is 66.1 Å². The molecule has 190 valence electrons. The van der Waals surface area contributed by atoms with Crippen LogP contribution in [0, 0.1) is 5.82 Å². The van der Waals surface area contributed by atoms with Gasteiger partial charge in [-0.05, 0) is 24.3 Å². The van der Waals surface area contributed by atoms with Crippen molar-refractivity contribution in [2.24, 2.45) is 5.73 Å². The van der Waals surface area contributed by atoms with Gasteiger partial charge in [-0.15, -0.1) is 0 Å². The Balaban J connectivity index is 1.73. The van der Waals surface area contributed by atoms with Gasteiger partial charge in [-0.25, -0.2) is 4.39 Å². The van der Waals surface area contributed by atoms with Gasteiger partial charge < -0.3 is 20.5 Å². The molecule has 2 heterocycles. The number of pyridine rings is 1. The minimum atomic E-state index is -3.19. The molecule has 8 nitrogen and oxygen atoms in total. The zero-order valence-corrected chi connectivity index (χ0v) is 19.3. The molecule has 36 heavy (non-hydrogen) atoms. The molecule has 3 N–H and O–H groups in total. The summed E-state index contributed by atoms with van der Waals surface area (Å²) < 4.78 is 51.2. The second-order valence-corrected chi connectivity index (χ2v) is 8.40. The van der Waals surface area contributed by atoms with E-state index in [9.17, 15) is 22.8 Å². The van der Waals surface area contributed by atoms with Crippen molar-refractivity contribution in [3.63, 3.8) is 0 Å². The largest absolute Gasteiger partial charge is 0.436 e. The zero-order valence-electron chi connectivity index (χ0n) is 19.3. The third kappa shape index (κ3) is 5.58. The van der Waals surface area contributed by atoms with Crippen LogP contribution in [-0.2, 0) is 24.6 Å². The molecule has 2 aliphatic rings. The highest BCUT2D eigenvalue weighted by Gasteiger charge is 2.44. The fraction of sp³-hybridized carbons (Fsp3) is 0.320. The second-order valence-electron chi connectivity index (χ2n) is 8.40. The minimum Gasteiger partial charge on any atom is -0.436 e. The summed E-state index contributed by atoms with van der Waals surface area (Å²) in [6.45, 7) is -1.23. The number of hydrogen-bond acceptors (Lipinski definition) is 6. The molecule has 0 spiro atoms. The summed E-state index contributed by atoms with van der Waals surface area (Å²) in [5.41, 5.74) is 4.70. The Morgan fingerprint density at radius 3 is 2.56 bits per heavy atom. The van der Waals surface area contributed by atoms with E-state index in [0.29, 0.717) is 32.0 Å². The van der Waals surface area contributed by atoms with Gasteiger partial charge in [0, 0.05) is 42.4 Å². The van der Waals surface area contributed by atoms with Crippen LogP contribution in [0.3, 0.4) is 0 Å². The number of nitrogens with one attached hydrogen (secondary N) is 1. The smallest absolute Gasteiger partial charge is 0.387 e. The maximum atomic E-state index is 14.3. The number of nitrogens with zero attached hydrogens (tertiary/aromatic N) is 2. The molecule has 4 rings (SSSR count). The maximum Gasteiger partial charge on any atom is 0.387 e. The molecule has 1 aromatic carbocycles. The Morgan fingerprint density at radius 1 is 1.17 bits per heavy atom. The maximum absolute atomic E-state index is 14.3. The predicted octanol–water partition coefficient (Wildman–Crippen LogP) is 2.47. The van der Waals surface area contributed by atoms with Gasteiger partial charge in [0.1, 0.15) is 17.1 Å². The molecule has 2 aromatic rings. The molecule has 1 aromatic heterocycles. The van der Waals surface area contributed by atoms with Crippen LogP contribution in [0.2, 0.25) is 0 Å². The Hall–Kier alpha value is -3.70. The molecule has 2 amide bonds. The van der Waals surface area contributed by atoms with Gasteiger partial charge in [0.2, 0.25) is 11.8 Å². The van der Waals surface area contributed by atoms with Crippen LogP contribution in [0.4, 0.5) is 13.2 Å². The van der Waals surface area contributed by atoms with E-state index < -0.39 is 29.8 Å². The summed E-state index contributed by atoms with van der Waals surface area (Å²) in [6, 6.07) is 9.08. The van der Waals surface area contributed by atoms with Crippen molar-refractivity contribution in [2.45, 2.75) is 18.6 Å². The number of morpholine rings is 1. The number of ether oxygens (including phenoxy) is 2. The third-order valence-electron chi connectivity index (χ3n) is 6.07. The standard InChI is InChI=1S/C25H25F3N4O4/c26-19-4-2-1-3-18(19)20-7-6-17(14-30-20)25(31-22(33)15-32-9-11-35-12-10-32)13-16(23(29)34)5-8-21(25)36-24(27)28/h1-8,14,24H,9-13,15H2,(H2,29,34)(H,31,33). The lowest BCUT2D eigenvalue weighted by Crippen LogP contribution is -2.53. The number of carbonyl (C=O) groups is 2. The molecule has 1 aliphatic carbocycles. The number of hydrogen-bond donors (Lipinski definition) is 2. The lowest BCUT2D eigenvalue weighted by molar-refractivity contribution is -0.130. The Labute approximate surface area is 205 Å². The number of amides is 2. The Kier molecular flexibility index (Phi) is 7.70. The summed E-state index contributed by atoms with van der Waals surface area (Å²) >= 11 is 0. The highest BCUT2D eigenvalue weighted by atomic mass is 19.3.